The Morgan fingerprint density at radius 2 is 2.21 bits per heavy atom. The Hall–Kier alpha value is -1.35. The van der Waals surface area contributed by atoms with Gasteiger partial charge in [-0.15, -0.1) is 0 Å². The number of nitrogens with two attached hydrogens (primary N) is 1. The zero-order chi connectivity index (χ0) is 13.8. The van der Waals surface area contributed by atoms with Crippen molar-refractivity contribution in [2.24, 2.45) is 11.7 Å². The lowest BCUT2D eigenvalue weighted by Gasteiger charge is -2.32. The summed E-state index contributed by atoms with van der Waals surface area (Å²) in [7, 11) is 0. The van der Waals surface area contributed by atoms with Crippen molar-refractivity contribution in [1.29, 1.82) is 0 Å². The molecule has 1 fully saturated rings. The number of carbonyl (C=O) groups excluding carboxylic acids is 1. The van der Waals surface area contributed by atoms with Crippen LogP contribution in [0.4, 0.5) is 0 Å². The smallest absolute Gasteiger partial charge is 0.254 e. The molecule has 1 amide bonds. The van der Waals surface area contributed by atoms with Crippen LogP contribution >= 0.6 is 0 Å². The predicted molar refractivity (Wildman–Crippen MR) is 78.1 cm³/mol. The van der Waals surface area contributed by atoms with E-state index in [2.05, 4.69) is 6.92 Å². The van der Waals surface area contributed by atoms with Gasteiger partial charge in [0.2, 0.25) is 0 Å². The summed E-state index contributed by atoms with van der Waals surface area (Å²) < 4.78 is 0. The molecule has 2 rings (SSSR count). The minimum atomic E-state index is 0.150. The quantitative estimate of drug-likeness (QED) is 0.904. The van der Waals surface area contributed by atoms with E-state index >= 15 is 0 Å². The number of hydrogen-bond acceptors (Lipinski definition) is 2. The van der Waals surface area contributed by atoms with Gasteiger partial charge in [-0.25, -0.2) is 0 Å². The Bertz CT molecular complexity index is 444. The minimum absolute atomic E-state index is 0.150. The monoisotopic (exact) mass is 260 g/mol. The Balaban J connectivity index is 2.19. The van der Waals surface area contributed by atoms with Crippen molar-refractivity contribution in [2.75, 3.05) is 13.1 Å². The van der Waals surface area contributed by atoms with Crippen molar-refractivity contribution in [3.63, 3.8) is 0 Å². The summed E-state index contributed by atoms with van der Waals surface area (Å²) in [6.45, 7) is 5.52. The molecule has 0 radical (unpaired) electrons. The average Bonchev–Trinajstić information content (AvgIpc) is 2.88. The maximum atomic E-state index is 12.7. The van der Waals surface area contributed by atoms with Gasteiger partial charge in [0.25, 0.3) is 5.91 Å². The molecule has 3 nitrogen and oxygen atoms in total. The molecule has 0 aliphatic heterocycles. The van der Waals surface area contributed by atoms with Gasteiger partial charge in [-0.2, -0.15) is 0 Å². The van der Waals surface area contributed by atoms with E-state index in [9.17, 15) is 4.79 Å². The standard InChI is InChI=1S/C16H24N2O/c1-3-18(15-9-5-8-14(15)11-17)16(19)13-7-4-6-12(2)10-13/h4,6-7,10,14-15H,3,5,8-9,11,17H2,1-2H3. The summed E-state index contributed by atoms with van der Waals surface area (Å²) in [5.41, 5.74) is 7.77. The van der Waals surface area contributed by atoms with E-state index < -0.39 is 0 Å². The molecule has 1 aromatic rings. The van der Waals surface area contributed by atoms with E-state index in [1.807, 2.05) is 36.1 Å². The van der Waals surface area contributed by atoms with Gasteiger partial charge in [0.15, 0.2) is 0 Å². The van der Waals surface area contributed by atoms with E-state index in [1.165, 1.54) is 6.42 Å². The first-order chi connectivity index (χ1) is 9.17. The molecule has 2 N–H and O–H groups in total. The highest BCUT2D eigenvalue weighted by atomic mass is 16.2. The van der Waals surface area contributed by atoms with Gasteiger partial charge in [-0.3, -0.25) is 4.79 Å². The van der Waals surface area contributed by atoms with E-state index in [-0.39, 0.29) is 5.91 Å². The number of carbonyl (C=O) groups is 1. The van der Waals surface area contributed by atoms with Gasteiger partial charge in [-0.05, 0) is 51.3 Å². The Labute approximate surface area is 115 Å². The van der Waals surface area contributed by atoms with E-state index in [1.54, 1.807) is 0 Å². The highest BCUT2D eigenvalue weighted by molar-refractivity contribution is 5.94. The van der Waals surface area contributed by atoms with Crippen LogP contribution in [-0.2, 0) is 0 Å². The molecular weight excluding hydrogens is 236 g/mol. The van der Waals surface area contributed by atoms with E-state index in [0.29, 0.717) is 18.5 Å². The second-order valence-corrected chi connectivity index (χ2v) is 5.45. The molecule has 3 heteroatoms. The Morgan fingerprint density at radius 3 is 2.84 bits per heavy atom. The van der Waals surface area contributed by atoms with E-state index in [0.717, 1.165) is 30.5 Å². The summed E-state index contributed by atoms with van der Waals surface area (Å²) in [5, 5.41) is 0. The summed E-state index contributed by atoms with van der Waals surface area (Å²) in [4.78, 5) is 14.7. The summed E-state index contributed by atoms with van der Waals surface area (Å²) >= 11 is 0. The fourth-order valence-corrected chi connectivity index (χ4v) is 3.18. The number of nitrogens with zero attached hydrogens (tertiary/aromatic N) is 1. The van der Waals surface area contributed by atoms with Crippen LogP contribution in [0.15, 0.2) is 24.3 Å². The van der Waals surface area contributed by atoms with Gasteiger partial charge in [-0.1, -0.05) is 24.1 Å². The molecule has 1 aliphatic carbocycles. The van der Waals surface area contributed by atoms with Crippen molar-refractivity contribution < 1.29 is 4.79 Å². The van der Waals surface area contributed by atoms with Crippen LogP contribution in [-0.4, -0.2) is 29.9 Å². The lowest BCUT2D eigenvalue weighted by Crippen LogP contribution is -2.44. The van der Waals surface area contributed by atoms with Crippen LogP contribution in [0.2, 0.25) is 0 Å². The minimum Gasteiger partial charge on any atom is -0.336 e. The molecular formula is C16H24N2O. The molecule has 2 unspecified atom stereocenters. The third-order valence-corrected chi connectivity index (χ3v) is 4.19. The first-order valence-electron chi connectivity index (χ1n) is 7.25. The molecule has 0 aromatic heterocycles. The molecule has 0 heterocycles. The van der Waals surface area contributed by atoms with Crippen LogP contribution in [0.1, 0.15) is 42.1 Å². The Kier molecular flexibility index (Phi) is 4.59. The lowest BCUT2D eigenvalue weighted by molar-refractivity contribution is 0.0652. The maximum Gasteiger partial charge on any atom is 0.254 e. The van der Waals surface area contributed by atoms with E-state index in [4.69, 9.17) is 5.73 Å². The number of hydrogen-bond donors (Lipinski definition) is 1. The second kappa shape index (κ2) is 6.20. The number of aryl methyl sites for hydroxylation is 1. The zero-order valence-electron chi connectivity index (χ0n) is 11.9. The highest BCUT2D eigenvalue weighted by Crippen LogP contribution is 2.30. The van der Waals surface area contributed by atoms with Crippen molar-refractivity contribution in [3.8, 4) is 0 Å². The SMILES string of the molecule is CCN(C(=O)c1cccc(C)c1)C1CCCC1CN. The van der Waals surface area contributed by atoms with Crippen molar-refractivity contribution in [2.45, 2.75) is 39.2 Å². The lowest BCUT2D eigenvalue weighted by atomic mass is 10.0. The molecule has 0 bridgehead atoms. The number of benzene rings is 1. The average molecular weight is 260 g/mol. The number of rotatable bonds is 4. The van der Waals surface area contributed by atoms with Crippen molar-refractivity contribution in [1.82, 2.24) is 4.90 Å². The van der Waals surface area contributed by atoms with Crippen LogP contribution in [0.5, 0.6) is 0 Å². The van der Waals surface area contributed by atoms with Crippen LogP contribution in [0.25, 0.3) is 0 Å². The van der Waals surface area contributed by atoms with Gasteiger partial charge < -0.3 is 10.6 Å². The van der Waals surface area contributed by atoms with Crippen LogP contribution in [0, 0.1) is 12.8 Å². The third kappa shape index (κ3) is 2.98. The second-order valence-electron chi connectivity index (χ2n) is 5.45. The van der Waals surface area contributed by atoms with Crippen LogP contribution < -0.4 is 5.73 Å². The van der Waals surface area contributed by atoms with Crippen molar-refractivity contribution in [3.05, 3.63) is 35.4 Å². The maximum absolute atomic E-state index is 12.7. The number of amides is 1. The van der Waals surface area contributed by atoms with Crippen LogP contribution in [0.3, 0.4) is 0 Å². The molecule has 19 heavy (non-hydrogen) atoms. The fraction of sp³-hybridized carbons (Fsp3) is 0.562. The Morgan fingerprint density at radius 1 is 1.42 bits per heavy atom. The molecule has 0 saturated heterocycles. The van der Waals surface area contributed by atoms with Gasteiger partial charge in [0.05, 0.1) is 0 Å². The summed E-state index contributed by atoms with van der Waals surface area (Å²) in [5.74, 6) is 0.616. The normalized spacial score (nSPS) is 22.5. The largest absolute Gasteiger partial charge is 0.336 e. The molecule has 2 atom stereocenters. The fourth-order valence-electron chi connectivity index (χ4n) is 3.18. The molecule has 1 saturated carbocycles. The third-order valence-electron chi connectivity index (χ3n) is 4.19. The van der Waals surface area contributed by atoms with Gasteiger partial charge >= 0.3 is 0 Å². The predicted octanol–water partition coefficient (Wildman–Crippen LogP) is 2.58. The topological polar surface area (TPSA) is 46.3 Å². The van der Waals surface area contributed by atoms with Gasteiger partial charge in [0.1, 0.15) is 0 Å². The molecule has 0 spiro atoms. The highest BCUT2D eigenvalue weighted by Gasteiger charge is 2.33. The molecule has 1 aliphatic rings. The van der Waals surface area contributed by atoms with Gasteiger partial charge in [0, 0.05) is 18.2 Å². The molecule has 1 aromatic carbocycles. The first-order valence-corrected chi connectivity index (χ1v) is 7.25. The molecule has 104 valence electrons. The zero-order valence-corrected chi connectivity index (χ0v) is 11.9. The van der Waals surface area contributed by atoms with Crippen molar-refractivity contribution >= 4 is 5.91 Å². The summed E-state index contributed by atoms with van der Waals surface area (Å²) in [6, 6.07) is 8.17. The summed E-state index contributed by atoms with van der Waals surface area (Å²) in [6.07, 6.45) is 3.43. The first kappa shape index (κ1) is 14.1.